The summed E-state index contributed by atoms with van der Waals surface area (Å²) in [6.07, 6.45) is 0.895. The Morgan fingerprint density at radius 2 is 1.96 bits per heavy atom. The maximum absolute atomic E-state index is 12.4. The number of rotatable bonds is 6. The third-order valence-electron chi connectivity index (χ3n) is 4.02. The first-order valence-corrected chi connectivity index (χ1v) is 9.53. The number of nitrogens with zero attached hydrogens (tertiary/aromatic N) is 1. The molecule has 0 aromatic heterocycles. The lowest BCUT2D eigenvalue weighted by molar-refractivity contribution is -0.125. The van der Waals surface area contributed by atoms with Gasteiger partial charge in [-0.1, -0.05) is 42.1 Å². The van der Waals surface area contributed by atoms with Crippen molar-refractivity contribution in [2.75, 3.05) is 13.7 Å². The highest BCUT2D eigenvalue weighted by atomic mass is 32.2. The number of methoxy groups -OCH3 is 1. The van der Waals surface area contributed by atoms with Crippen molar-refractivity contribution in [3.8, 4) is 5.75 Å². The van der Waals surface area contributed by atoms with Crippen LogP contribution in [0.4, 0.5) is 5.69 Å². The molecule has 1 saturated heterocycles. The molecule has 1 fully saturated rings. The van der Waals surface area contributed by atoms with Crippen molar-refractivity contribution in [2.45, 2.75) is 18.1 Å². The van der Waals surface area contributed by atoms with E-state index in [0.29, 0.717) is 17.4 Å². The number of amidine groups is 1. The molecule has 0 radical (unpaired) electrons. The molecule has 2 amide bonds. The third kappa shape index (κ3) is 5.59. The molecule has 2 aromatic carbocycles. The number of amides is 2. The average molecular weight is 383 g/mol. The first-order valence-electron chi connectivity index (χ1n) is 8.65. The molecular formula is C20H21N3O3S. The molecule has 1 unspecified atom stereocenters. The second-order valence-corrected chi connectivity index (χ2v) is 7.19. The summed E-state index contributed by atoms with van der Waals surface area (Å²) in [4.78, 5) is 28.8. The number of nitrogens with one attached hydrogen (secondary N) is 2. The molecule has 7 heteroatoms. The summed E-state index contributed by atoms with van der Waals surface area (Å²) in [5.74, 6) is 0.382. The molecule has 1 aliphatic heterocycles. The van der Waals surface area contributed by atoms with Crippen LogP contribution in [-0.4, -0.2) is 35.9 Å². The molecule has 0 aliphatic carbocycles. The summed E-state index contributed by atoms with van der Waals surface area (Å²) in [5, 5.41) is 5.58. The highest BCUT2D eigenvalue weighted by Crippen LogP contribution is 2.24. The smallest absolute Gasteiger partial charge is 0.234 e. The first-order chi connectivity index (χ1) is 13.1. The molecular weight excluding hydrogens is 362 g/mol. The summed E-state index contributed by atoms with van der Waals surface area (Å²) in [6.45, 7) is 0.534. The zero-order valence-electron chi connectivity index (χ0n) is 15.0. The lowest BCUT2D eigenvalue weighted by Gasteiger charge is -2.22. The van der Waals surface area contributed by atoms with Crippen LogP contribution in [0.5, 0.6) is 5.75 Å². The fraction of sp³-hybridized carbons (Fsp3) is 0.250. The molecule has 140 valence electrons. The normalized spacial score (nSPS) is 18.0. The van der Waals surface area contributed by atoms with Crippen LogP contribution in [0.15, 0.2) is 59.6 Å². The average Bonchev–Trinajstić information content (AvgIpc) is 2.69. The van der Waals surface area contributed by atoms with Crippen LogP contribution in [0.1, 0.15) is 12.0 Å². The molecule has 1 aliphatic rings. The van der Waals surface area contributed by atoms with E-state index in [2.05, 4.69) is 15.6 Å². The number of carbonyl (C=O) groups excluding carboxylic acids is 2. The summed E-state index contributed by atoms with van der Waals surface area (Å²) in [6, 6.07) is 17.1. The standard InChI is InChI=1S/C20H21N3O3S/c1-26-16-9-7-15(8-10-16)22-20-23-18(24)13-17(27-20)19(25)21-12-11-14-5-3-2-4-6-14/h2-10,17H,11-13H2,1H3,(H,21,25)(H,22,23,24). The van der Waals surface area contributed by atoms with Gasteiger partial charge in [0.2, 0.25) is 11.8 Å². The van der Waals surface area contributed by atoms with Gasteiger partial charge in [-0.25, -0.2) is 4.99 Å². The van der Waals surface area contributed by atoms with E-state index in [1.165, 1.54) is 11.8 Å². The van der Waals surface area contributed by atoms with Crippen LogP contribution in [0.3, 0.4) is 0 Å². The lowest BCUT2D eigenvalue weighted by atomic mass is 10.1. The molecule has 27 heavy (non-hydrogen) atoms. The van der Waals surface area contributed by atoms with Crippen LogP contribution in [0, 0.1) is 0 Å². The Morgan fingerprint density at radius 1 is 1.22 bits per heavy atom. The lowest BCUT2D eigenvalue weighted by Crippen LogP contribution is -2.44. The summed E-state index contributed by atoms with van der Waals surface area (Å²) < 4.78 is 5.12. The van der Waals surface area contributed by atoms with Crippen molar-refractivity contribution in [3.63, 3.8) is 0 Å². The van der Waals surface area contributed by atoms with E-state index in [1.807, 2.05) is 30.3 Å². The van der Waals surface area contributed by atoms with E-state index in [0.717, 1.165) is 17.7 Å². The van der Waals surface area contributed by atoms with Gasteiger partial charge in [-0.15, -0.1) is 0 Å². The topological polar surface area (TPSA) is 79.8 Å². The van der Waals surface area contributed by atoms with Gasteiger partial charge in [0.05, 0.1) is 18.0 Å². The van der Waals surface area contributed by atoms with E-state index < -0.39 is 5.25 Å². The fourth-order valence-corrected chi connectivity index (χ4v) is 3.63. The zero-order chi connectivity index (χ0) is 19.1. The molecule has 2 N–H and O–H groups in total. The number of hydrogen-bond acceptors (Lipinski definition) is 5. The largest absolute Gasteiger partial charge is 0.497 e. The molecule has 1 heterocycles. The summed E-state index contributed by atoms with van der Waals surface area (Å²) in [5.41, 5.74) is 1.84. The van der Waals surface area contributed by atoms with Gasteiger partial charge in [-0.2, -0.15) is 0 Å². The predicted molar refractivity (Wildman–Crippen MR) is 107 cm³/mol. The van der Waals surface area contributed by atoms with Gasteiger partial charge in [-0.3, -0.25) is 9.59 Å². The van der Waals surface area contributed by atoms with Gasteiger partial charge >= 0.3 is 0 Å². The van der Waals surface area contributed by atoms with Crippen molar-refractivity contribution in [2.24, 2.45) is 4.99 Å². The second-order valence-electron chi connectivity index (χ2n) is 6.00. The van der Waals surface area contributed by atoms with E-state index >= 15 is 0 Å². The van der Waals surface area contributed by atoms with Crippen LogP contribution in [0.2, 0.25) is 0 Å². The third-order valence-corrected chi connectivity index (χ3v) is 5.10. The number of thioether (sulfide) groups is 1. The maximum Gasteiger partial charge on any atom is 0.234 e. The Balaban J connectivity index is 1.57. The highest BCUT2D eigenvalue weighted by molar-refractivity contribution is 8.15. The van der Waals surface area contributed by atoms with Crippen LogP contribution >= 0.6 is 11.8 Å². The quantitative estimate of drug-likeness (QED) is 0.804. The first kappa shape index (κ1) is 19.0. The molecule has 0 saturated carbocycles. The highest BCUT2D eigenvalue weighted by Gasteiger charge is 2.30. The van der Waals surface area contributed by atoms with Gasteiger partial charge in [0.25, 0.3) is 0 Å². The Labute approximate surface area is 162 Å². The van der Waals surface area contributed by atoms with Crippen molar-refractivity contribution < 1.29 is 14.3 Å². The Morgan fingerprint density at radius 3 is 2.67 bits per heavy atom. The predicted octanol–water partition coefficient (Wildman–Crippen LogP) is 2.66. The Hall–Kier alpha value is -2.80. The van der Waals surface area contributed by atoms with Gasteiger partial charge in [0.15, 0.2) is 5.17 Å². The van der Waals surface area contributed by atoms with Gasteiger partial charge < -0.3 is 15.4 Å². The van der Waals surface area contributed by atoms with Gasteiger partial charge in [0.1, 0.15) is 5.75 Å². The fourth-order valence-electron chi connectivity index (χ4n) is 2.61. The van der Waals surface area contributed by atoms with Crippen molar-refractivity contribution in [1.29, 1.82) is 0 Å². The minimum atomic E-state index is -0.480. The van der Waals surface area contributed by atoms with Gasteiger partial charge in [0, 0.05) is 13.0 Å². The SMILES string of the molecule is COc1ccc(N=C2NC(=O)CC(C(=O)NCCc3ccccc3)S2)cc1. The van der Waals surface area contributed by atoms with E-state index in [-0.39, 0.29) is 18.2 Å². The molecule has 6 nitrogen and oxygen atoms in total. The number of aliphatic imine (C=N–C) groups is 1. The van der Waals surface area contributed by atoms with Crippen molar-refractivity contribution >= 4 is 34.4 Å². The second kappa shape index (κ2) is 9.23. The Bertz CT molecular complexity index is 822. The molecule has 3 rings (SSSR count). The van der Waals surface area contributed by atoms with Crippen molar-refractivity contribution in [3.05, 3.63) is 60.2 Å². The number of benzene rings is 2. The van der Waals surface area contributed by atoms with Crippen LogP contribution in [-0.2, 0) is 16.0 Å². The van der Waals surface area contributed by atoms with Gasteiger partial charge in [-0.05, 0) is 36.2 Å². The Kier molecular flexibility index (Phi) is 6.49. The van der Waals surface area contributed by atoms with Crippen molar-refractivity contribution in [1.82, 2.24) is 10.6 Å². The number of ether oxygens (including phenoxy) is 1. The minimum Gasteiger partial charge on any atom is -0.497 e. The van der Waals surface area contributed by atoms with E-state index in [4.69, 9.17) is 4.74 Å². The zero-order valence-corrected chi connectivity index (χ0v) is 15.8. The monoisotopic (exact) mass is 383 g/mol. The minimum absolute atomic E-state index is 0.142. The molecule has 2 aromatic rings. The van der Waals surface area contributed by atoms with E-state index in [9.17, 15) is 9.59 Å². The van der Waals surface area contributed by atoms with Crippen LogP contribution < -0.4 is 15.4 Å². The molecule has 1 atom stereocenters. The summed E-state index contributed by atoms with van der Waals surface area (Å²) >= 11 is 1.27. The number of hydrogen-bond donors (Lipinski definition) is 2. The maximum atomic E-state index is 12.4. The summed E-state index contributed by atoms with van der Waals surface area (Å²) in [7, 11) is 1.60. The molecule has 0 spiro atoms. The van der Waals surface area contributed by atoms with Crippen LogP contribution in [0.25, 0.3) is 0 Å². The molecule has 0 bridgehead atoms. The van der Waals surface area contributed by atoms with E-state index in [1.54, 1.807) is 31.4 Å². The number of carbonyl (C=O) groups is 2.